The van der Waals surface area contributed by atoms with E-state index >= 15 is 0 Å². The van der Waals surface area contributed by atoms with Crippen LogP contribution in [-0.4, -0.2) is 10.5 Å². The van der Waals surface area contributed by atoms with Crippen molar-refractivity contribution in [3.63, 3.8) is 0 Å². The second-order valence-corrected chi connectivity index (χ2v) is 5.90. The summed E-state index contributed by atoms with van der Waals surface area (Å²) in [5.74, 6) is 2.29. The van der Waals surface area contributed by atoms with Gasteiger partial charge in [0.1, 0.15) is 5.82 Å². The average Bonchev–Trinajstić information content (AvgIpc) is 2.66. The molecule has 2 aromatic rings. The van der Waals surface area contributed by atoms with Crippen LogP contribution in [0.15, 0.2) is 23.2 Å². The van der Waals surface area contributed by atoms with E-state index in [1.165, 1.54) is 23.5 Å². The van der Waals surface area contributed by atoms with Crippen molar-refractivity contribution in [1.29, 1.82) is 0 Å². The molecular formula is C15H15FN2OS. The summed E-state index contributed by atoms with van der Waals surface area (Å²) in [5.41, 5.74) is 0.797. The largest absolute Gasteiger partial charge is 0.305 e. The number of rotatable bonds is 3. The Morgan fingerprint density at radius 1 is 1.55 bits per heavy atom. The third kappa shape index (κ3) is 3.14. The standard InChI is InChI=1S/C15H15FN2OS/c1-4-7-18-12-6-5-11(16)9-13(12)20-15(18)17-14(19)8-10(2)3/h1,5-6,9-10H,7-8H2,2-3H3. The quantitative estimate of drug-likeness (QED) is 0.800. The molecule has 1 heterocycles. The van der Waals surface area contributed by atoms with E-state index < -0.39 is 0 Å². The van der Waals surface area contributed by atoms with Crippen LogP contribution < -0.4 is 4.80 Å². The van der Waals surface area contributed by atoms with Gasteiger partial charge in [-0.2, -0.15) is 4.99 Å². The number of thiazole rings is 1. The number of terminal acetylenes is 1. The van der Waals surface area contributed by atoms with Crippen molar-refractivity contribution in [2.24, 2.45) is 10.9 Å². The fourth-order valence-electron chi connectivity index (χ4n) is 1.88. The second kappa shape index (κ2) is 6.02. The SMILES string of the molecule is C#CCn1c(=NC(=O)CC(C)C)sc2cc(F)ccc21. The number of amides is 1. The van der Waals surface area contributed by atoms with Crippen molar-refractivity contribution in [3.05, 3.63) is 28.8 Å². The van der Waals surface area contributed by atoms with Crippen molar-refractivity contribution in [2.45, 2.75) is 26.8 Å². The summed E-state index contributed by atoms with van der Waals surface area (Å²) in [6.07, 6.45) is 5.74. The molecule has 0 atom stereocenters. The fraction of sp³-hybridized carbons (Fsp3) is 0.333. The number of fused-ring (bicyclic) bond motifs is 1. The lowest BCUT2D eigenvalue weighted by Gasteiger charge is -2.00. The van der Waals surface area contributed by atoms with Crippen LogP contribution >= 0.6 is 11.3 Å². The Morgan fingerprint density at radius 3 is 2.95 bits per heavy atom. The molecule has 0 bridgehead atoms. The molecule has 0 aliphatic rings. The van der Waals surface area contributed by atoms with Crippen LogP contribution in [0.25, 0.3) is 10.2 Å². The van der Waals surface area contributed by atoms with Gasteiger partial charge in [-0.1, -0.05) is 31.1 Å². The van der Waals surface area contributed by atoms with Crippen molar-refractivity contribution in [1.82, 2.24) is 4.57 Å². The van der Waals surface area contributed by atoms with E-state index in [2.05, 4.69) is 10.9 Å². The van der Waals surface area contributed by atoms with Gasteiger partial charge in [0.2, 0.25) is 5.91 Å². The van der Waals surface area contributed by atoms with Gasteiger partial charge in [-0.15, -0.1) is 6.42 Å². The summed E-state index contributed by atoms with van der Waals surface area (Å²) < 4.78 is 15.8. The summed E-state index contributed by atoms with van der Waals surface area (Å²) in [4.78, 5) is 16.5. The Hall–Kier alpha value is -1.93. The summed E-state index contributed by atoms with van der Waals surface area (Å²) >= 11 is 1.27. The molecule has 0 N–H and O–H groups in total. The lowest BCUT2D eigenvalue weighted by Crippen LogP contribution is -2.16. The molecule has 5 heteroatoms. The molecular weight excluding hydrogens is 275 g/mol. The minimum Gasteiger partial charge on any atom is -0.305 e. The van der Waals surface area contributed by atoms with E-state index in [0.717, 1.165) is 10.2 Å². The second-order valence-electron chi connectivity index (χ2n) is 4.89. The Morgan fingerprint density at radius 2 is 2.30 bits per heavy atom. The summed E-state index contributed by atoms with van der Waals surface area (Å²) in [6.45, 7) is 4.23. The number of hydrogen-bond donors (Lipinski definition) is 0. The van der Waals surface area contributed by atoms with Crippen molar-refractivity contribution in [3.8, 4) is 12.3 Å². The van der Waals surface area contributed by atoms with Crippen molar-refractivity contribution >= 4 is 27.5 Å². The summed E-state index contributed by atoms with van der Waals surface area (Å²) in [6, 6.07) is 4.46. The molecule has 0 spiro atoms. The average molecular weight is 290 g/mol. The van der Waals surface area contributed by atoms with E-state index in [1.54, 1.807) is 10.6 Å². The van der Waals surface area contributed by atoms with Crippen molar-refractivity contribution in [2.75, 3.05) is 0 Å². The first-order valence-corrected chi connectivity index (χ1v) is 7.13. The monoisotopic (exact) mass is 290 g/mol. The molecule has 2 rings (SSSR count). The van der Waals surface area contributed by atoms with Gasteiger partial charge >= 0.3 is 0 Å². The normalized spacial score (nSPS) is 12.1. The summed E-state index contributed by atoms with van der Waals surface area (Å²) in [5, 5.41) is 0. The maximum Gasteiger partial charge on any atom is 0.248 e. The Bertz CT molecular complexity index is 749. The number of hydrogen-bond acceptors (Lipinski definition) is 2. The Labute approximate surface area is 120 Å². The van der Waals surface area contributed by atoms with Crippen molar-refractivity contribution < 1.29 is 9.18 Å². The van der Waals surface area contributed by atoms with Crippen LogP contribution in [0.5, 0.6) is 0 Å². The molecule has 0 radical (unpaired) electrons. The third-order valence-electron chi connectivity index (χ3n) is 2.70. The molecule has 0 saturated carbocycles. The van der Waals surface area contributed by atoms with Crippen LogP contribution in [0.3, 0.4) is 0 Å². The first-order chi connectivity index (χ1) is 9.51. The first-order valence-electron chi connectivity index (χ1n) is 6.31. The zero-order chi connectivity index (χ0) is 14.7. The fourth-order valence-corrected chi connectivity index (χ4v) is 2.95. The predicted octanol–water partition coefficient (Wildman–Crippen LogP) is 2.95. The number of carbonyl (C=O) groups excluding carboxylic acids is 1. The zero-order valence-corrected chi connectivity index (χ0v) is 12.2. The van der Waals surface area contributed by atoms with Gasteiger partial charge in [0.15, 0.2) is 4.80 Å². The highest BCUT2D eigenvalue weighted by molar-refractivity contribution is 7.16. The lowest BCUT2D eigenvalue weighted by atomic mass is 10.1. The molecule has 0 aliphatic heterocycles. The van der Waals surface area contributed by atoms with Crippen LogP contribution in [-0.2, 0) is 11.3 Å². The number of nitrogens with zero attached hydrogens (tertiary/aromatic N) is 2. The summed E-state index contributed by atoms with van der Waals surface area (Å²) in [7, 11) is 0. The smallest absolute Gasteiger partial charge is 0.248 e. The topological polar surface area (TPSA) is 34.4 Å². The van der Waals surface area contributed by atoms with Gasteiger partial charge in [0, 0.05) is 6.42 Å². The molecule has 1 amide bonds. The predicted molar refractivity (Wildman–Crippen MR) is 78.6 cm³/mol. The van der Waals surface area contributed by atoms with E-state index in [9.17, 15) is 9.18 Å². The molecule has 3 nitrogen and oxygen atoms in total. The Balaban J connectivity index is 2.57. The third-order valence-corrected chi connectivity index (χ3v) is 3.74. The highest BCUT2D eigenvalue weighted by Crippen LogP contribution is 2.18. The molecule has 1 aromatic heterocycles. The van der Waals surface area contributed by atoms with E-state index in [4.69, 9.17) is 6.42 Å². The molecule has 0 unspecified atom stereocenters. The van der Waals surface area contributed by atoms with Gasteiger partial charge < -0.3 is 4.57 Å². The maximum atomic E-state index is 13.3. The minimum absolute atomic E-state index is 0.183. The van der Waals surface area contributed by atoms with Crippen LogP contribution in [0, 0.1) is 24.1 Å². The first kappa shape index (κ1) is 14.5. The maximum absolute atomic E-state index is 13.3. The van der Waals surface area contributed by atoms with Crippen LogP contribution in [0.1, 0.15) is 20.3 Å². The lowest BCUT2D eigenvalue weighted by molar-refractivity contribution is -0.118. The van der Waals surface area contributed by atoms with Gasteiger partial charge in [0.25, 0.3) is 0 Å². The zero-order valence-electron chi connectivity index (χ0n) is 11.4. The van der Waals surface area contributed by atoms with E-state index in [0.29, 0.717) is 17.8 Å². The molecule has 0 saturated heterocycles. The van der Waals surface area contributed by atoms with Gasteiger partial charge in [-0.25, -0.2) is 4.39 Å². The highest BCUT2D eigenvalue weighted by atomic mass is 32.1. The molecule has 0 fully saturated rings. The van der Waals surface area contributed by atoms with Gasteiger partial charge in [0.05, 0.1) is 16.8 Å². The van der Waals surface area contributed by atoms with Crippen LogP contribution in [0.2, 0.25) is 0 Å². The van der Waals surface area contributed by atoms with Crippen LogP contribution in [0.4, 0.5) is 4.39 Å². The molecule has 104 valence electrons. The molecule has 1 aromatic carbocycles. The van der Waals surface area contributed by atoms with Gasteiger partial charge in [-0.3, -0.25) is 4.79 Å². The van der Waals surface area contributed by atoms with E-state index in [-0.39, 0.29) is 17.6 Å². The van der Waals surface area contributed by atoms with E-state index in [1.807, 2.05) is 13.8 Å². The highest BCUT2D eigenvalue weighted by Gasteiger charge is 2.09. The Kier molecular flexibility index (Phi) is 4.35. The number of benzene rings is 1. The number of aromatic nitrogens is 1. The molecule has 20 heavy (non-hydrogen) atoms. The van der Waals surface area contributed by atoms with Gasteiger partial charge in [-0.05, 0) is 24.1 Å². The minimum atomic E-state index is -0.313. The number of halogens is 1. The molecule has 0 aliphatic carbocycles. The number of carbonyl (C=O) groups is 1.